The number of halogens is 1. The van der Waals surface area contributed by atoms with Crippen LogP contribution in [0.15, 0.2) is 23.8 Å². The maximum Gasteiger partial charge on any atom is 0.198 e. The van der Waals surface area contributed by atoms with E-state index in [1.807, 2.05) is 6.07 Å². The number of anilines is 1. The smallest absolute Gasteiger partial charge is 0.198 e. The Bertz CT molecular complexity index is 476. The highest BCUT2D eigenvalue weighted by Crippen LogP contribution is 2.28. The molecule has 2 heterocycles. The van der Waals surface area contributed by atoms with E-state index in [1.165, 1.54) is 11.2 Å². The number of hydrogen-bond donors (Lipinski definition) is 1. The van der Waals surface area contributed by atoms with Gasteiger partial charge in [0.15, 0.2) is 16.7 Å². The fourth-order valence-corrected chi connectivity index (χ4v) is 2.34. The van der Waals surface area contributed by atoms with Crippen molar-refractivity contribution in [1.82, 2.24) is 9.97 Å². The Morgan fingerprint density at radius 3 is 3.06 bits per heavy atom. The second-order valence-electron chi connectivity index (χ2n) is 3.30. The van der Waals surface area contributed by atoms with Crippen molar-refractivity contribution in [3.8, 4) is 5.75 Å². The Balaban J connectivity index is 1.97. The molecular weight excluding hydrogens is 258 g/mol. The molecule has 0 aliphatic carbocycles. The minimum absolute atomic E-state index is 0.320. The molecule has 2 rings (SSSR count). The largest absolute Gasteiger partial charge is 0.490 e. The molecule has 1 N–H and O–H groups in total. The summed E-state index contributed by atoms with van der Waals surface area (Å²) in [7, 11) is 1.55. The number of aromatic nitrogens is 2. The van der Waals surface area contributed by atoms with Crippen molar-refractivity contribution in [3.63, 3.8) is 0 Å². The third-order valence-corrected chi connectivity index (χ3v) is 3.41. The van der Waals surface area contributed by atoms with Crippen LogP contribution in [0.5, 0.6) is 5.75 Å². The van der Waals surface area contributed by atoms with Crippen molar-refractivity contribution < 1.29 is 4.74 Å². The zero-order valence-corrected chi connectivity index (χ0v) is 10.9. The Morgan fingerprint density at radius 1 is 1.47 bits per heavy atom. The molecule has 0 aromatic carbocycles. The predicted molar refractivity (Wildman–Crippen MR) is 70.1 cm³/mol. The van der Waals surface area contributed by atoms with Gasteiger partial charge in [-0.2, -0.15) is 0 Å². The summed E-state index contributed by atoms with van der Waals surface area (Å²) in [6.45, 7) is 0.782. The molecule has 0 spiro atoms. The summed E-state index contributed by atoms with van der Waals surface area (Å²) in [6.07, 6.45) is 2.36. The zero-order valence-electron chi connectivity index (χ0n) is 9.31. The van der Waals surface area contributed by atoms with Crippen molar-refractivity contribution in [1.29, 1.82) is 0 Å². The summed E-state index contributed by atoms with van der Waals surface area (Å²) < 4.78 is 5.15. The molecule has 0 amide bonds. The molecule has 2 aromatic rings. The minimum atomic E-state index is 0.320. The molecule has 0 aliphatic rings. The first kappa shape index (κ1) is 12.1. The highest BCUT2D eigenvalue weighted by atomic mass is 35.5. The van der Waals surface area contributed by atoms with Gasteiger partial charge >= 0.3 is 0 Å². The van der Waals surface area contributed by atoms with Crippen LogP contribution >= 0.6 is 22.9 Å². The van der Waals surface area contributed by atoms with E-state index in [0.29, 0.717) is 16.7 Å². The molecule has 0 aliphatic heterocycles. The van der Waals surface area contributed by atoms with E-state index >= 15 is 0 Å². The zero-order chi connectivity index (χ0) is 12.1. The monoisotopic (exact) mass is 269 g/mol. The van der Waals surface area contributed by atoms with Gasteiger partial charge in [-0.3, -0.25) is 0 Å². The molecule has 0 fully saturated rings. The molecule has 17 heavy (non-hydrogen) atoms. The van der Waals surface area contributed by atoms with E-state index in [1.54, 1.807) is 18.4 Å². The van der Waals surface area contributed by atoms with Crippen molar-refractivity contribution >= 4 is 28.8 Å². The third-order valence-electron chi connectivity index (χ3n) is 2.21. The van der Waals surface area contributed by atoms with Gasteiger partial charge in [-0.15, -0.1) is 11.3 Å². The molecule has 0 atom stereocenters. The van der Waals surface area contributed by atoms with E-state index in [0.717, 1.165) is 13.0 Å². The van der Waals surface area contributed by atoms with Gasteiger partial charge in [0.2, 0.25) is 0 Å². The molecule has 4 nitrogen and oxygen atoms in total. The van der Waals surface area contributed by atoms with Crippen molar-refractivity contribution in [2.75, 3.05) is 19.0 Å². The quantitative estimate of drug-likeness (QED) is 0.848. The van der Waals surface area contributed by atoms with Crippen LogP contribution in [0.4, 0.5) is 5.82 Å². The number of rotatable bonds is 5. The first-order valence-corrected chi connectivity index (χ1v) is 6.37. The predicted octanol–water partition coefficient (Wildman–Crippen LogP) is 2.85. The SMILES string of the molecule is COc1c(Cl)ncnc1NCCc1cccs1. The molecule has 0 saturated heterocycles. The van der Waals surface area contributed by atoms with Gasteiger partial charge in [-0.25, -0.2) is 9.97 Å². The van der Waals surface area contributed by atoms with Gasteiger partial charge in [-0.05, 0) is 17.9 Å². The van der Waals surface area contributed by atoms with Gasteiger partial charge < -0.3 is 10.1 Å². The van der Waals surface area contributed by atoms with E-state index in [4.69, 9.17) is 16.3 Å². The molecule has 0 bridgehead atoms. The van der Waals surface area contributed by atoms with Crippen molar-refractivity contribution in [2.24, 2.45) is 0 Å². The van der Waals surface area contributed by atoms with Gasteiger partial charge in [-0.1, -0.05) is 17.7 Å². The normalized spacial score (nSPS) is 10.2. The fourth-order valence-electron chi connectivity index (χ4n) is 1.42. The number of thiophene rings is 1. The number of nitrogens with one attached hydrogen (secondary N) is 1. The van der Waals surface area contributed by atoms with E-state index < -0.39 is 0 Å². The lowest BCUT2D eigenvalue weighted by Crippen LogP contribution is -2.07. The lowest BCUT2D eigenvalue weighted by molar-refractivity contribution is 0.413. The molecular formula is C11H12ClN3OS. The van der Waals surface area contributed by atoms with Gasteiger partial charge in [0.1, 0.15) is 6.33 Å². The Labute approximate surface area is 109 Å². The summed E-state index contributed by atoms with van der Waals surface area (Å²) in [5.41, 5.74) is 0. The van der Waals surface area contributed by atoms with Crippen LogP contribution < -0.4 is 10.1 Å². The molecule has 2 aromatic heterocycles. The Morgan fingerprint density at radius 2 is 2.35 bits per heavy atom. The van der Waals surface area contributed by atoms with Crippen LogP contribution in [-0.4, -0.2) is 23.6 Å². The topological polar surface area (TPSA) is 47.0 Å². The van der Waals surface area contributed by atoms with Crippen molar-refractivity contribution in [2.45, 2.75) is 6.42 Å². The number of ether oxygens (including phenoxy) is 1. The number of nitrogens with zero attached hydrogens (tertiary/aromatic N) is 2. The first-order chi connectivity index (χ1) is 8.31. The van der Waals surface area contributed by atoms with Crippen LogP contribution in [0.25, 0.3) is 0 Å². The molecule has 6 heteroatoms. The average molecular weight is 270 g/mol. The first-order valence-electron chi connectivity index (χ1n) is 5.12. The maximum atomic E-state index is 5.89. The van der Waals surface area contributed by atoms with Crippen LogP contribution in [0.1, 0.15) is 4.88 Å². The van der Waals surface area contributed by atoms with Crippen LogP contribution in [0.3, 0.4) is 0 Å². The maximum absolute atomic E-state index is 5.89. The van der Waals surface area contributed by atoms with E-state index in [9.17, 15) is 0 Å². The van der Waals surface area contributed by atoms with Crippen LogP contribution in [0.2, 0.25) is 5.15 Å². The highest BCUT2D eigenvalue weighted by Gasteiger charge is 2.09. The number of methoxy groups -OCH3 is 1. The van der Waals surface area contributed by atoms with Crippen molar-refractivity contribution in [3.05, 3.63) is 33.9 Å². The lowest BCUT2D eigenvalue weighted by atomic mass is 10.3. The number of hydrogen-bond acceptors (Lipinski definition) is 5. The molecule has 90 valence electrons. The third kappa shape index (κ3) is 3.08. The summed E-state index contributed by atoms with van der Waals surface area (Å²) in [4.78, 5) is 9.29. The molecule has 0 unspecified atom stereocenters. The molecule has 0 saturated carbocycles. The van der Waals surface area contributed by atoms with E-state index in [-0.39, 0.29) is 0 Å². The van der Waals surface area contributed by atoms with E-state index in [2.05, 4.69) is 26.7 Å². The standard InChI is InChI=1S/C11H12ClN3OS/c1-16-9-10(12)14-7-15-11(9)13-5-4-8-3-2-6-17-8/h2-3,6-7H,4-5H2,1H3,(H,13,14,15). The second-order valence-corrected chi connectivity index (χ2v) is 4.69. The summed E-state index contributed by atoms with van der Waals surface area (Å²) in [5.74, 6) is 1.12. The second kappa shape index (κ2) is 5.84. The van der Waals surface area contributed by atoms with Gasteiger partial charge in [0.05, 0.1) is 7.11 Å². The Kier molecular flexibility index (Phi) is 4.17. The molecule has 0 radical (unpaired) electrons. The van der Waals surface area contributed by atoms with Crippen LogP contribution in [0, 0.1) is 0 Å². The average Bonchev–Trinajstić information content (AvgIpc) is 2.82. The lowest BCUT2D eigenvalue weighted by Gasteiger charge is -2.09. The van der Waals surface area contributed by atoms with Gasteiger partial charge in [0, 0.05) is 11.4 Å². The summed E-state index contributed by atoms with van der Waals surface area (Å²) in [6, 6.07) is 4.15. The summed E-state index contributed by atoms with van der Waals surface area (Å²) in [5, 5.41) is 5.58. The fraction of sp³-hybridized carbons (Fsp3) is 0.273. The summed E-state index contributed by atoms with van der Waals surface area (Å²) >= 11 is 7.64. The van der Waals surface area contributed by atoms with Crippen LogP contribution in [-0.2, 0) is 6.42 Å². The Hall–Kier alpha value is -1.33. The van der Waals surface area contributed by atoms with Gasteiger partial charge in [0.25, 0.3) is 0 Å². The highest BCUT2D eigenvalue weighted by molar-refractivity contribution is 7.09. The minimum Gasteiger partial charge on any atom is -0.490 e.